The molecular formula is C11H12F3NO. The van der Waals surface area contributed by atoms with Crippen LogP contribution >= 0.6 is 0 Å². The van der Waals surface area contributed by atoms with Gasteiger partial charge in [-0.25, -0.2) is 0 Å². The lowest BCUT2D eigenvalue weighted by molar-refractivity contribution is -0.137. The topological polar surface area (TPSA) is 43.1 Å². The second-order valence-corrected chi connectivity index (χ2v) is 3.48. The zero-order valence-electron chi connectivity index (χ0n) is 8.71. The highest BCUT2D eigenvalue weighted by Gasteiger charge is 2.30. The lowest BCUT2D eigenvalue weighted by Gasteiger charge is -2.12. The molecule has 5 heteroatoms. The molecule has 0 saturated heterocycles. The number of hydrogen-bond donors (Lipinski definition) is 1. The van der Waals surface area contributed by atoms with Gasteiger partial charge in [0.1, 0.15) is 0 Å². The maximum absolute atomic E-state index is 12.3. The van der Waals surface area contributed by atoms with Crippen LogP contribution in [-0.2, 0) is 11.0 Å². The summed E-state index contributed by atoms with van der Waals surface area (Å²) in [7, 11) is 0. The fraction of sp³-hybridized carbons (Fsp3) is 0.364. The highest BCUT2D eigenvalue weighted by Crippen LogP contribution is 2.30. The second-order valence-electron chi connectivity index (χ2n) is 3.48. The van der Waals surface area contributed by atoms with Crippen molar-refractivity contribution in [3.8, 4) is 0 Å². The highest BCUT2D eigenvalue weighted by atomic mass is 19.4. The number of benzene rings is 1. The molecule has 0 heterocycles. The van der Waals surface area contributed by atoms with Crippen LogP contribution in [0.3, 0.4) is 0 Å². The zero-order valence-corrected chi connectivity index (χ0v) is 8.71. The maximum Gasteiger partial charge on any atom is 0.416 e. The fourth-order valence-corrected chi connectivity index (χ4v) is 1.51. The number of amides is 1. The molecule has 1 aromatic rings. The van der Waals surface area contributed by atoms with Crippen LogP contribution in [0, 0.1) is 0 Å². The average molecular weight is 231 g/mol. The van der Waals surface area contributed by atoms with Gasteiger partial charge >= 0.3 is 6.18 Å². The van der Waals surface area contributed by atoms with Crippen LogP contribution in [0.4, 0.5) is 13.2 Å². The molecule has 1 rings (SSSR count). The first kappa shape index (κ1) is 12.5. The molecule has 0 spiro atoms. The van der Waals surface area contributed by atoms with Gasteiger partial charge in [-0.3, -0.25) is 4.79 Å². The normalized spacial score (nSPS) is 13.5. The van der Waals surface area contributed by atoms with Gasteiger partial charge in [-0.2, -0.15) is 13.2 Å². The summed E-state index contributed by atoms with van der Waals surface area (Å²) in [5.74, 6) is -1.05. The maximum atomic E-state index is 12.3. The third-order valence-electron chi connectivity index (χ3n) is 2.39. The molecule has 0 radical (unpaired) electrons. The van der Waals surface area contributed by atoms with Gasteiger partial charge in [-0.05, 0) is 24.1 Å². The predicted octanol–water partition coefficient (Wildman–Crippen LogP) is 2.68. The number of carbonyl (C=O) groups is 1. The van der Waals surface area contributed by atoms with Crippen LogP contribution in [-0.4, -0.2) is 5.91 Å². The van der Waals surface area contributed by atoms with E-state index in [4.69, 9.17) is 5.73 Å². The molecule has 1 amide bonds. The van der Waals surface area contributed by atoms with Gasteiger partial charge in [-0.15, -0.1) is 0 Å². The van der Waals surface area contributed by atoms with Gasteiger partial charge in [0.25, 0.3) is 0 Å². The van der Waals surface area contributed by atoms with Crippen molar-refractivity contribution < 1.29 is 18.0 Å². The van der Waals surface area contributed by atoms with E-state index in [2.05, 4.69) is 0 Å². The predicted molar refractivity (Wildman–Crippen MR) is 53.7 cm³/mol. The summed E-state index contributed by atoms with van der Waals surface area (Å²) in [4.78, 5) is 11.0. The van der Waals surface area contributed by atoms with E-state index >= 15 is 0 Å². The van der Waals surface area contributed by atoms with Crippen molar-refractivity contribution in [2.75, 3.05) is 0 Å². The number of rotatable bonds is 3. The van der Waals surface area contributed by atoms with Crippen molar-refractivity contribution in [1.82, 2.24) is 0 Å². The van der Waals surface area contributed by atoms with E-state index < -0.39 is 23.6 Å². The number of hydrogen-bond acceptors (Lipinski definition) is 1. The van der Waals surface area contributed by atoms with Crippen molar-refractivity contribution in [3.63, 3.8) is 0 Å². The van der Waals surface area contributed by atoms with Gasteiger partial charge < -0.3 is 5.73 Å². The van der Waals surface area contributed by atoms with Crippen molar-refractivity contribution >= 4 is 5.91 Å². The average Bonchev–Trinajstić information content (AvgIpc) is 2.17. The minimum absolute atomic E-state index is 0.473. The molecule has 1 unspecified atom stereocenters. The van der Waals surface area contributed by atoms with Gasteiger partial charge in [0.05, 0.1) is 11.5 Å². The van der Waals surface area contributed by atoms with E-state index in [1.54, 1.807) is 6.92 Å². The third-order valence-corrected chi connectivity index (χ3v) is 2.39. The number of alkyl halides is 3. The first-order valence-corrected chi connectivity index (χ1v) is 4.82. The lowest BCUT2D eigenvalue weighted by Crippen LogP contribution is -2.20. The van der Waals surface area contributed by atoms with Crippen LogP contribution in [0.25, 0.3) is 0 Å². The van der Waals surface area contributed by atoms with Crippen molar-refractivity contribution in [2.24, 2.45) is 5.73 Å². The minimum Gasteiger partial charge on any atom is -0.369 e. The van der Waals surface area contributed by atoms with Crippen LogP contribution in [0.1, 0.15) is 30.4 Å². The quantitative estimate of drug-likeness (QED) is 0.853. The van der Waals surface area contributed by atoms with Crippen LogP contribution in [0.15, 0.2) is 24.3 Å². The molecule has 16 heavy (non-hydrogen) atoms. The summed E-state index contributed by atoms with van der Waals surface area (Å²) < 4.78 is 36.8. The fourth-order valence-electron chi connectivity index (χ4n) is 1.51. The third kappa shape index (κ3) is 2.74. The van der Waals surface area contributed by atoms with Gasteiger partial charge in [0.15, 0.2) is 0 Å². The van der Waals surface area contributed by atoms with Gasteiger partial charge in [-0.1, -0.05) is 19.1 Å². The highest BCUT2D eigenvalue weighted by molar-refractivity contribution is 5.81. The van der Waals surface area contributed by atoms with Crippen LogP contribution in [0.2, 0.25) is 0 Å². The zero-order chi connectivity index (χ0) is 12.3. The van der Waals surface area contributed by atoms with E-state index in [1.165, 1.54) is 12.1 Å². The molecule has 1 atom stereocenters. The number of nitrogens with two attached hydrogens (primary N) is 1. The first-order chi connectivity index (χ1) is 7.36. The molecule has 0 fully saturated rings. The minimum atomic E-state index is -4.35. The Morgan fingerprint density at radius 1 is 1.31 bits per heavy atom. The Kier molecular flexibility index (Phi) is 3.57. The lowest BCUT2D eigenvalue weighted by atomic mass is 9.95. The number of carbonyl (C=O) groups excluding carboxylic acids is 1. The molecule has 0 saturated carbocycles. The van der Waals surface area contributed by atoms with E-state index in [0.717, 1.165) is 12.1 Å². The molecule has 0 aromatic heterocycles. The Bertz CT molecular complexity index is 370. The summed E-state index contributed by atoms with van der Waals surface area (Å²) >= 11 is 0. The van der Waals surface area contributed by atoms with Crippen molar-refractivity contribution in [2.45, 2.75) is 25.4 Å². The summed E-state index contributed by atoms with van der Waals surface area (Å²) in [5.41, 5.74) is 4.93. The van der Waals surface area contributed by atoms with E-state index in [-0.39, 0.29) is 0 Å². The summed E-state index contributed by atoms with van der Waals surface area (Å²) in [6, 6.07) is 4.51. The molecule has 2 nitrogen and oxygen atoms in total. The smallest absolute Gasteiger partial charge is 0.369 e. The molecular weight excluding hydrogens is 219 g/mol. The van der Waals surface area contributed by atoms with Crippen molar-refractivity contribution in [1.29, 1.82) is 0 Å². The summed E-state index contributed by atoms with van der Waals surface area (Å²) in [5, 5.41) is 0. The molecule has 2 N–H and O–H groups in total. The van der Waals surface area contributed by atoms with Crippen LogP contribution < -0.4 is 5.73 Å². The molecule has 88 valence electrons. The standard InChI is InChI=1S/C11H12F3NO/c1-2-9(10(15)16)7-3-5-8(6-4-7)11(12,13)14/h3-6,9H,2H2,1H3,(H2,15,16). The SMILES string of the molecule is CCC(C(N)=O)c1ccc(C(F)(F)F)cc1. The second kappa shape index (κ2) is 4.55. The van der Waals surface area contributed by atoms with Crippen molar-refractivity contribution in [3.05, 3.63) is 35.4 Å². The van der Waals surface area contributed by atoms with Crippen LogP contribution in [0.5, 0.6) is 0 Å². The summed E-state index contributed by atoms with van der Waals surface area (Å²) in [6.07, 6.45) is -3.88. The number of halogens is 3. The number of primary amides is 1. The van der Waals surface area contributed by atoms with E-state index in [0.29, 0.717) is 12.0 Å². The molecule has 0 aliphatic rings. The molecule has 0 aliphatic heterocycles. The first-order valence-electron chi connectivity index (χ1n) is 4.82. The Morgan fingerprint density at radius 2 is 1.81 bits per heavy atom. The van der Waals surface area contributed by atoms with Gasteiger partial charge in [0.2, 0.25) is 5.91 Å². The van der Waals surface area contributed by atoms with E-state index in [9.17, 15) is 18.0 Å². The molecule has 1 aromatic carbocycles. The Labute approximate surface area is 91.3 Å². The Hall–Kier alpha value is -1.52. The van der Waals surface area contributed by atoms with E-state index in [1.807, 2.05) is 0 Å². The molecule has 0 bridgehead atoms. The summed E-state index contributed by atoms with van der Waals surface area (Å²) in [6.45, 7) is 1.76. The Morgan fingerprint density at radius 3 is 2.12 bits per heavy atom. The largest absolute Gasteiger partial charge is 0.416 e. The monoisotopic (exact) mass is 231 g/mol. The van der Waals surface area contributed by atoms with Gasteiger partial charge in [0, 0.05) is 0 Å². The Balaban J connectivity index is 2.98. The molecule has 0 aliphatic carbocycles.